The van der Waals surface area contributed by atoms with Crippen molar-refractivity contribution in [2.75, 3.05) is 32.7 Å². The highest BCUT2D eigenvalue weighted by Crippen LogP contribution is 2.17. The maximum atomic E-state index is 11.4. The topological polar surface area (TPSA) is 58.4 Å². The van der Waals surface area contributed by atoms with Gasteiger partial charge in [-0.3, -0.25) is 4.79 Å². The van der Waals surface area contributed by atoms with Crippen molar-refractivity contribution in [3.05, 3.63) is 12.7 Å². The molecule has 1 saturated heterocycles. The Morgan fingerprint density at radius 1 is 1.64 bits per heavy atom. The van der Waals surface area contributed by atoms with Crippen LogP contribution in [0.25, 0.3) is 0 Å². The first-order chi connectivity index (χ1) is 6.77. The molecule has 0 aliphatic carbocycles. The van der Waals surface area contributed by atoms with Gasteiger partial charge in [0.05, 0.1) is 0 Å². The van der Waals surface area contributed by atoms with Crippen molar-refractivity contribution >= 4 is 5.91 Å². The molecule has 1 unspecified atom stereocenters. The molecule has 0 aromatic heterocycles. The first kappa shape index (κ1) is 11.2. The molecule has 1 rings (SSSR count). The third-order valence-corrected chi connectivity index (χ3v) is 2.46. The quantitative estimate of drug-likeness (QED) is 0.449. The zero-order valence-corrected chi connectivity index (χ0v) is 8.54. The van der Waals surface area contributed by atoms with Gasteiger partial charge >= 0.3 is 0 Å². The molecule has 1 atom stereocenters. The van der Waals surface area contributed by atoms with E-state index in [1.54, 1.807) is 0 Å². The van der Waals surface area contributed by atoms with Crippen LogP contribution in [0.15, 0.2) is 12.7 Å². The summed E-state index contributed by atoms with van der Waals surface area (Å²) in [7, 11) is 0. The van der Waals surface area contributed by atoms with Gasteiger partial charge in [0, 0.05) is 45.1 Å². The Labute approximate surface area is 85.1 Å². The first-order valence-electron chi connectivity index (χ1n) is 5.09. The van der Waals surface area contributed by atoms with Gasteiger partial charge in [0.1, 0.15) is 0 Å². The maximum Gasteiger partial charge on any atom is 0.223 e. The van der Waals surface area contributed by atoms with Gasteiger partial charge in [-0.2, -0.15) is 0 Å². The lowest BCUT2D eigenvalue weighted by atomic mass is 10.1. The summed E-state index contributed by atoms with van der Waals surface area (Å²) in [6.45, 7) is 7.60. The molecule has 0 spiro atoms. The minimum Gasteiger partial charge on any atom is -0.341 e. The molecular weight excluding hydrogens is 178 g/mol. The zero-order valence-electron chi connectivity index (χ0n) is 8.54. The second-order valence-electron chi connectivity index (χ2n) is 3.58. The van der Waals surface area contributed by atoms with Crippen molar-refractivity contribution in [2.24, 2.45) is 11.7 Å². The molecule has 1 aliphatic rings. The highest BCUT2D eigenvalue weighted by atomic mass is 16.2. The average molecular weight is 197 g/mol. The smallest absolute Gasteiger partial charge is 0.223 e. The predicted octanol–water partition coefficient (Wildman–Crippen LogP) is -0.431. The van der Waals surface area contributed by atoms with Gasteiger partial charge in [-0.25, -0.2) is 0 Å². The molecule has 14 heavy (non-hydrogen) atoms. The molecule has 0 saturated carbocycles. The van der Waals surface area contributed by atoms with E-state index in [2.05, 4.69) is 11.9 Å². The monoisotopic (exact) mass is 197 g/mol. The number of nitrogens with one attached hydrogen (secondary N) is 1. The van der Waals surface area contributed by atoms with E-state index < -0.39 is 0 Å². The Hall–Kier alpha value is -0.870. The van der Waals surface area contributed by atoms with E-state index in [0.29, 0.717) is 18.9 Å². The third kappa shape index (κ3) is 3.12. The van der Waals surface area contributed by atoms with E-state index in [1.165, 1.54) is 0 Å². The van der Waals surface area contributed by atoms with Gasteiger partial charge in [-0.1, -0.05) is 6.08 Å². The van der Waals surface area contributed by atoms with E-state index in [4.69, 9.17) is 5.73 Å². The molecule has 1 fully saturated rings. The van der Waals surface area contributed by atoms with Crippen LogP contribution in [-0.4, -0.2) is 43.5 Å². The normalized spacial score (nSPS) is 21.6. The lowest BCUT2D eigenvalue weighted by molar-refractivity contribution is -0.127. The lowest BCUT2D eigenvalue weighted by Crippen LogP contribution is -2.34. The van der Waals surface area contributed by atoms with E-state index in [0.717, 1.165) is 26.2 Å². The number of hydrogen-bond acceptors (Lipinski definition) is 3. The summed E-state index contributed by atoms with van der Waals surface area (Å²) in [4.78, 5) is 13.3. The second-order valence-corrected chi connectivity index (χ2v) is 3.58. The molecule has 3 N–H and O–H groups in total. The summed E-state index contributed by atoms with van der Waals surface area (Å²) in [5, 5.41) is 3.17. The van der Waals surface area contributed by atoms with Crippen LogP contribution in [0.3, 0.4) is 0 Å². The highest BCUT2D eigenvalue weighted by molar-refractivity contribution is 5.78. The van der Waals surface area contributed by atoms with Crippen molar-refractivity contribution in [3.63, 3.8) is 0 Å². The Bertz CT molecular complexity index is 206. The molecule has 80 valence electrons. The molecule has 4 nitrogen and oxygen atoms in total. The van der Waals surface area contributed by atoms with Crippen LogP contribution in [0.5, 0.6) is 0 Å². The van der Waals surface area contributed by atoms with Crippen molar-refractivity contribution < 1.29 is 4.79 Å². The maximum absolute atomic E-state index is 11.4. The lowest BCUT2D eigenvalue weighted by Gasteiger charge is -2.15. The number of carbonyl (C=O) groups is 1. The molecule has 0 aromatic rings. The molecule has 1 aliphatic heterocycles. The van der Waals surface area contributed by atoms with Crippen LogP contribution < -0.4 is 11.1 Å². The number of nitrogens with zero attached hydrogens (tertiary/aromatic N) is 1. The standard InChI is InChI=1S/C10H19N3O/c1-2-9-7-10(14)13(8-9)6-5-12-4-3-11/h2,9,12H,1,3-8,11H2. The van der Waals surface area contributed by atoms with Gasteiger partial charge in [0.25, 0.3) is 0 Å². The first-order valence-corrected chi connectivity index (χ1v) is 5.09. The van der Waals surface area contributed by atoms with Crippen LogP contribution in [0.1, 0.15) is 6.42 Å². The minimum absolute atomic E-state index is 0.240. The Morgan fingerprint density at radius 3 is 3.00 bits per heavy atom. The van der Waals surface area contributed by atoms with Crippen molar-refractivity contribution in [1.29, 1.82) is 0 Å². The van der Waals surface area contributed by atoms with Crippen LogP contribution in [-0.2, 0) is 4.79 Å². The van der Waals surface area contributed by atoms with Crippen LogP contribution in [0.4, 0.5) is 0 Å². The minimum atomic E-state index is 0.240. The summed E-state index contributed by atoms with van der Waals surface area (Å²) in [5.41, 5.74) is 5.34. The molecular formula is C10H19N3O. The van der Waals surface area contributed by atoms with E-state index in [-0.39, 0.29) is 5.91 Å². The molecule has 4 heteroatoms. The van der Waals surface area contributed by atoms with Crippen LogP contribution >= 0.6 is 0 Å². The van der Waals surface area contributed by atoms with Crippen molar-refractivity contribution in [3.8, 4) is 0 Å². The van der Waals surface area contributed by atoms with E-state index in [9.17, 15) is 4.79 Å². The average Bonchev–Trinajstić information content (AvgIpc) is 2.54. The number of amides is 1. The predicted molar refractivity (Wildman–Crippen MR) is 56.8 cm³/mol. The van der Waals surface area contributed by atoms with Gasteiger partial charge < -0.3 is 16.0 Å². The summed E-state index contributed by atoms with van der Waals surface area (Å²) in [5.74, 6) is 0.585. The van der Waals surface area contributed by atoms with Gasteiger partial charge in [0.2, 0.25) is 5.91 Å². The fourth-order valence-electron chi connectivity index (χ4n) is 1.62. The van der Waals surface area contributed by atoms with Crippen LogP contribution in [0, 0.1) is 5.92 Å². The molecule has 1 amide bonds. The van der Waals surface area contributed by atoms with Gasteiger partial charge in [-0.15, -0.1) is 6.58 Å². The summed E-state index contributed by atoms with van der Waals surface area (Å²) in [6, 6.07) is 0. The van der Waals surface area contributed by atoms with Crippen molar-refractivity contribution in [1.82, 2.24) is 10.2 Å². The fraction of sp³-hybridized carbons (Fsp3) is 0.700. The summed E-state index contributed by atoms with van der Waals surface area (Å²) < 4.78 is 0. The van der Waals surface area contributed by atoms with Crippen molar-refractivity contribution in [2.45, 2.75) is 6.42 Å². The number of hydrogen-bond donors (Lipinski definition) is 2. The van der Waals surface area contributed by atoms with Gasteiger partial charge in [0.15, 0.2) is 0 Å². The number of carbonyl (C=O) groups excluding carboxylic acids is 1. The van der Waals surface area contributed by atoms with Gasteiger partial charge in [-0.05, 0) is 0 Å². The zero-order chi connectivity index (χ0) is 10.4. The van der Waals surface area contributed by atoms with E-state index >= 15 is 0 Å². The summed E-state index contributed by atoms with van der Waals surface area (Å²) >= 11 is 0. The Balaban J connectivity index is 2.18. The number of nitrogens with two attached hydrogens (primary N) is 1. The third-order valence-electron chi connectivity index (χ3n) is 2.46. The molecule has 1 heterocycles. The number of rotatable bonds is 6. The molecule has 0 radical (unpaired) electrons. The number of likely N-dealkylation sites (tertiary alicyclic amines) is 1. The highest BCUT2D eigenvalue weighted by Gasteiger charge is 2.26. The second kappa shape index (κ2) is 5.78. The Kier molecular flexibility index (Phi) is 4.62. The van der Waals surface area contributed by atoms with Crippen LogP contribution in [0.2, 0.25) is 0 Å². The SMILES string of the molecule is C=CC1CC(=O)N(CCNCCN)C1. The molecule has 0 aromatic carbocycles. The molecule has 0 bridgehead atoms. The summed E-state index contributed by atoms with van der Waals surface area (Å²) in [6.07, 6.45) is 2.49. The Morgan fingerprint density at radius 2 is 2.43 bits per heavy atom. The van der Waals surface area contributed by atoms with E-state index in [1.807, 2.05) is 11.0 Å². The fourth-order valence-corrected chi connectivity index (χ4v) is 1.62. The largest absolute Gasteiger partial charge is 0.341 e.